The number of phosphoric acid groups is 2. The summed E-state index contributed by atoms with van der Waals surface area (Å²) < 4.78 is 47.6. The van der Waals surface area contributed by atoms with Crippen molar-refractivity contribution in [1.82, 2.24) is 0 Å². The molecule has 1 unspecified atom stereocenters. The minimum absolute atomic E-state index is 0.0223. The first-order chi connectivity index (χ1) is 30.8. The van der Waals surface area contributed by atoms with Gasteiger partial charge in [0.25, 0.3) is 0 Å². The van der Waals surface area contributed by atoms with Crippen LogP contribution in [-0.4, -0.2) is 81.6 Å². The number of aliphatic hydroxyl groups is 2. The van der Waals surface area contributed by atoms with Crippen LogP contribution in [0.15, 0.2) is 122 Å². The second-order valence-corrected chi connectivity index (χ2v) is 17.1. The quantitative estimate of drug-likeness (QED) is 0.0127. The first kappa shape index (κ1) is 60.5. The lowest BCUT2D eigenvalue weighted by molar-refractivity contribution is -0.161. The molecule has 0 spiro atoms. The van der Waals surface area contributed by atoms with Gasteiger partial charge in [0.1, 0.15) is 12.7 Å². The molecular formula is C48H76O14P2. The number of carbonyl (C=O) groups excluding carboxylic acids is 2. The first-order valence-corrected chi connectivity index (χ1v) is 25.4. The van der Waals surface area contributed by atoms with Crippen LogP contribution in [0.2, 0.25) is 0 Å². The lowest BCUT2D eigenvalue weighted by atomic mass is 10.1. The summed E-state index contributed by atoms with van der Waals surface area (Å²) in [5.41, 5.74) is 0. The highest BCUT2D eigenvalue weighted by Crippen LogP contribution is 2.43. The number of esters is 2. The van der Waals surface area contributed by atoms with E-state index in [0.29, 0.717) is 25.7 Å². The molecular weight excluding hydrogens is 862 g/mol. The fraction of sp³-hybridized carbons (Fsp3) is 0.542. The van der Waals surface area contributed by atoms with Gasteiger partial charge in [0.05, 0.1) is 25.9 Å². The summed E-state index contributed by atoms with van der Waals surface area (Å²) in [6.07, 6.45) is 49.6. The third kappa shape index (κ3) is 45.1. The second kappa shape index (κ2) is 42.1. The smallest absolute Gasteiger partial charge is 0.462 e. The number of aliphatic hydroxyl groups excluding tert-OH is 2. The third-order valence-corrected chi connectivity index (χ3v) is 9.88. The monoisotopic (exact) mass is 938 g/mol. The highest BCUT2D eigenvalue weighted by atomic mass is 31.2. The zero-order chi connectivity index (χ0) is 47.4. The Hall–Kier alpha value is -3.52. The zero-order valence-corrected chi connectivity index (χ0v) is 39.7. The average molecular weight is 939 g/mol. The molecule has 0 aliphatic carbocycles. The van der Waals surface area contributed by atoms with Crippen molar-refractivity contribution in [2.45, 2.75) is 141 Å². The van der Waals surface area contributed by atoms with Crippen LogP contribution >= 0.6 is 15.6 Å². The molecule has 0 aromatic carbocycles. The Morgan fingerprint density at radius 2 is 1.03 bits per heavy atom. The van der Waals surface area contributed by atoms with Gasteiger partial charge in [0.2, 0.25) is 0 Å². The van der Waals surface area contributed by atoms with Crippen LogP contribution in [-0.2, 0) is 41.8 Å². The number of ether oxygens (including phenoxy) is 2. The molecule has 0 amide bonds. The van der Waals surface area contributed by atoms with Gasteiger partial charge in [-0.25, -0.2) is 9.13 Å². The number of rotatable bonds is 40. The lowest BCUT2D eigenvalue weighted by Gasteiger charge is -2.20. The van der Waals surface area contributed by atoms with Gasteiger partial charge >= 0.3 is 27.6 Å². The molecule has 0 saturated carbocycles. The maximum Gasteiger partial charge on any atom is 0.472 e. The highest BCUT2D eigenvalue weighted by Gasteiger charge is 2.28. The summed E-state index contributed by atoms with van der Waals surface area (Å²) in [5.74, 6) is -1.24. The Bertz CT molecular complexity index is 1600. The van der Waals surface area contributed by atoms with E-state index in [9.17, 15) is 33.8 Å². The van der Waals surface area contributed by atoms with E-state index in [1.165, 1.54) is 0 Å². The van der Waals surface area contributed by atoms with E-state index < -0.39 is 72.3 Å². The summed E-state index contributed by atoms with van der Waals surface area (Å²) in [6, 6.07) is 0. The van der Waals surface area contributed by atoms with E-state index in [0.717, 1.165) is 70.6 Å². The molecule has 0 rings (SSSR count). The molecule has 362 valence electrons. The van der Waals surface area contributed by atoms with Crippen molar-refractivity contribution in [2.75, 3.05) is 26.4 Å². The molecule has 64 heavy (non-hydrogen) atoms. The van der Waals surface area contributed by atoms with E-state index in [1.54, 1.807) is 6.08 Å². The Morgan fingerprint density at radius 3 is 1.58 bits per heavy atom. The Morgan fingerprint density at radius 1 is 0.531 bits per heavy atom. The van der Waals surface area contributed by atoms with Crippen molar-refractivity contribution < 1.29 is 66.7 Å². The summed E-state index contributed by atoms with van der Waals surface area (Å²) in [4.78, 5) is 52.7. The largest absolute Gasteiger partial charge is 0.472 e. The van der Waals surface area contributed by atoms with E-state index >= 15 is 0 Å². The third-order valence-electron chi connectivity index (χ3n) is 8.44. The molecule has 5 N–H and O–H groups in total. The zero-order valence-electron chi connectivity index (χ0n) is 37.9. The average Bonchev–Trinajstić information content (AvgIpc) is 3.25. The number of phosphoric ester groups is 2. The molecule has 4 atom stereocenters. The van der Waals surface area contributed by atoms with Gasteiger partial charge in [-0.1, -0.05) is 155 Å². The first-order valence-electron chi connectivity index (χ1n) is 22.3. The van der Waals surface area contributed by atoms with Crippen LogP contribution in [0.4, 0.5) is 0 Å². The number of unbranched alkanes of at least 4 members (excludes halogenated alkanes) is 3. The molecule has 16 heteroatoms. The van der Waals surface area contributed by atoms with E-state index in [1.807, 2.05) is 60.8 Å². The van der Waals surface area contributed by atoms with Gasteiger partial charge in [-0.2, -0.15) is 0 Å². The van der Waals surface area contributed by atoms with Crippen LogP contribution in [0.5, 0.6) is 0 Å². The molecule has 0 aliphatic heterocycles. The normalized spacial score (nSPS) is 15.5. The molecule has 0 saturated heterocycles. The maximum absolute atomic E-state index is 12.6. The number of allylic oxidation sites excluding steroid dienone is 19. The van der Waals surface area contributed by atoms with Crippen molar-refractivity contribution in [2.24, 2.45) is 0 Å². The van der Waals surface area contributed by atoms with Gasteiger partial charge in [0, 0.05) is 12.8 Å². The van der Waals surface area contributed by atoms with Crippen molar-refractivity contribution >= 4 is 27.6 Å². The standard InChI is InChI=1S/C48H76O14P2/c1-3-5-7-8-9-10-11-12-13-14-15-16-17-18-21-25-28-31-35-39-48(52)62-46(43-61-64(56,57)60-41-45(50)40-59-63(53,54)55)42-58-47(51)38-34-30-27-24-22-19-20-23-26-29-33-37-44(49)36-32-6-4-2/h5,7,9-10,12-13,15-16,18-21,24,26-29,31,33,37,44-46,49-50H,3-4,6,8,11,14,17,22-23,25,30,32,34-36,38-43H2,1-2H3,(H,56,57)(H2,53,54,55)/b7-5-,10-9-,13-12-,16-15-,20-19-,21-18-,27-24-,29-26-,31-28-,37-33+/t44-,45+,46-/m1/s1. The van der Waals surface area contributed by atoms with Crippen LogP contribution in [0, 0.1) is 0 Å². The molecule has 0 radical (unpaired) electrons. The molecule has 0 aromatic rings. The molecule has 0 fully saturated rings. The van der Waals surface area contributed by atoms with Crippen molar-refractivity contribution in [3.05, 3.63) is 122 Å². The molecule has 0 aliphatic rings. The molecule has 14 nitrogen and oxygen atoms in total. The Balaban J connectivity index is 4.78. The number of carbonyl (C=O) groups is 2. The van der Waals surface area contributed by atoms with Crippen LogP contribution in [0.25, 0.3) is 0 Å². The second-order valence-electron chi connectivity index (χ2n) is 14.4. The predicted octanol–water partition coefficient (Wildman–Crippen LogP) is 10.6. The van der Waals surface area contributed by atoms with Crippen molar-refractivity contribution in [3.63, 3.8) is 0 Å². The van der Waals surface area contributed by atoms with Crippen molar-refractivity contribution in [1.29, 1.82) is 0 Å². The molecule has 0 bridgehead atoms. The highest BCUT2D eigenvalue weighted by molar-refractivity contribution is 7.47. The Labute approximate surface area is 382 Å². The van der Waals surface area contributed by atoms with E-state index in [2.05, 4.69) is 77.6 Å². The van der Waals surface area contributed by atoms with E-state index in [-0.39, 0.29) is 12.8 Å². The summed E-state index contributed by atoms with van der Waals surface area (Å²) in [7, 11) is -9.75. The van der Waals surface area contributed by atoms with Crippen LogP contribution < -0.4 is 0 Å². The summed E-state index contributed by atoms with van der Waals surface area (Å²) in [6.45, 7) is 1.34. The topological polar surface area (TPSA) is 216 Å². The predicted molar refractivity (Wildman–Crippen MR) is 254 cm³/mol. The molecule has 0 heterocycles. The minimum atomic E-state index is -4.89. The van der Waals surface area contributed by atoms with Crippen molar-refractivity contribution in [3.8, 4) is 0 Å². The SMILES string of the molecule is CC/C=C\C/C=C\C/C=C\C/C=C\C/C=C\C/C=C\CCC(=O)O[C@H](COC(=O)CCC/C=C\C/C=C\C/C=C\C=C\[C@H](O)CCCCC)COP(=O)(O)OC[C@@H](O)COP(=O)(O)O. The van der Waals surface area contributed by atoms with Gasteiger partial charge in [-0.05, 0) is 77.0 Å². The van der Waals surface area contributed by atoms with Gasteiger partial charge in [0.15, 0.2) is 6.10 Å². The fourth-order valence-electron chi connectivity index (χ4n) is 5.06. The minimum Gasteiger partial charge on any atom is -0.462 e. The summed E-state index contributed by atoms with van der Waals surface area (Å²) >= 11 is 0. The number of hydrogen-bond donors (Lipinski definition) is 5. The Kier molecular flexibility index (Phi) is 39.8. The summed E-state index contributed by atoms with van der Waals surface area (Å²) in [5, 5.41) is 19.6. The maximum atomic E-state index is 12.6. The number of hydrogen-bond acceptors (Lipinski definition) is 11. The lowest BCUT2D eigenvalue weighted by Crippen LogP contribution is -2.29. The molecule has 0 aromatic heterocycles. The van der Waals surface area contributed by atoms with Crippen LogP contribution in [0.1, 0.15) is 123 Å². The van der Waals surface area contributed by atoms with Gasteiger partial charge < -0.3 is 34.4 Å². The fourth-order valence-corrected chi connectivity index (χ4v) is 6.22. The van der Waals surface area contributed by atoms with Gasteiger partial charge in [-0.3, -0.25) is 23.2 Å². The van der Waals surface area contributed by atoms with Gasteiger partial charge in [-0.15, -0.1) is 0 Å². The van der Waals surface area contributed by atoms with Crippen LogP contribution in [0.3, 0.4) is 0 Å². The van der Waals surface area contributed by atoms with E-state index in [4.69, 9.17) is 23.8 Å².